The Hall–Kier alpha value is -2.12. The van der Waals surface area contributed by atoms with Crippen molar-refractivity contribution in [2.45, 2.75) is 64.1 Å². The minimum Gasteiger partial charge on any atom is -0.444 e. The predicted molar refractivity (Wildman–Crippen MR) is 98.9 cm³/mol. The van der Waals surface area contributed by atoms with Crippen LogP contribution in [0, 0.1) is 0 Å². The summed E-state index contributed by atoms with van der Waals surface area (Å²) in [7, 11) is 0. The molecule has 0 aliphatic carbocycles. The first-order valence-electron chi connectivity index (χ1n) is 9.38. The molecule has 3 rings (SSSR count). The second-order valence-electron chi connectivity index (χ2n) is 7.96. The third kappa shape index (κ3) is 5.20. The van der Waals surface area contributed by atoms with E-state index in [1.54, 1.807) is 25.7 Å². The summed E-state index contributed by atoms with van der Waals surface area (Å²) in [5.41, 5.74) is 0.477. The topological polar surface area (TPSA) is 77.1 Å². The van der Waals surface area contributed by atoms with Crippen molar-refractivity contribution in [2.75, 3.05) is 13.2 Å². The lowest BCUT2D eigenvalue weighted by atomic mass is 10.2. The van der Waals surface area contributed by atoms with Crippen LogP contribution in [-0.2, 0) is 25.6 Å². The number of nitrogens with one attached hydrogen (secondary N) is 1. The van der Waals surface area contributed by atoms with Crippen molar-refractivity contribution in [1.82, 2.24) is 10.2 Å². The summed E-state index contributed by atoms with van der Waals surface area (Å²) in [6, 6.07) is 9.14. The highest BCUT2D eigenvalue weighted by Gasteiger charge is 2.45. The summed E-state index contributed by atoms with van der Waals surface area (Å²) in [6.45, 7) is 6.45. The molecule has 3 atom stereocenters. The number of carbonyl (C=O) groups excluding carboxylic acids is 2. The van der Waals surface area contributed by atoms with E-state index >= 15 is 0 Å². The van der Waals surface area contributed by atoms with Crippen LogP contribution in [-0.4, -0.2) is 54.0 Å². The van der Waals surface area contributed by atoms with Crippen molar-refractivity contribution in [3.63, 3.8) is 0 Å². The molecule has 1 aromatic rings. The lowest BCUT2D eigenvalue weighted by Crippen LogP contribution is -2.60. The van der Waals surface area contributed by atoms with Crippen LogP contribution in [0.1, 0.15) is 39.2 Å². The van der Waals surface area contributed by atoms with Crippen LogP contribution in [0.3, 0.4) is 0 Å². The maximum Gasteiger partial charge on any atom is 0.408 e. The van der Waals surface area contributed by atoms with E-state index in [0.717, 1.165) is 18.4 Å². The Morgan fingerprint density at radius 2 is 2.00 bits per heavy atom. The van der Waals surface area contributed by atoms with Crippen LogP contribution in [0.5, 0.6) is 0 Å². The molecule has 2 aliphatic rings. The van der Waals surface area contributed by atoms with Gasteiger partial charge in [-0.15, -0.1) is 0 Å². The highest BCUT2D eigenvalue weighted by molar-refractivity contribution is 5.87. The van der Waals surface area contributed by atoms with Crippen molar-refractivity contribution in [3.05, 3.63) is 35.9 Å². The molecule has 7 nitrogen and oxygen atoms in total. The molecule has 1 aromatic carbocycles. The third-order valence-corrected chi connectivity index (χ3v) is 4.57. The molecule has 2 fully saturated rings. The summed E-state index contributed by atoms with van der Waals surface area (Å²) in [4.78, 5) is 26.6. The van der Waals surface area contributed by atoms with Gasteiger partial charge in [0.25, 0.3) is 0 Å². The van der Waals surface area contributed by atoms with Crippen LogP contribution in [0.4, 0.5) is 4.79 Å². The molecule has 0 bridgehead atoms. The van der Waals surface area contributed by atoms with Gasteiger partial charge >= 0.3 is 6.09 Å². The zero-order valence-electron chi connectivity index (χ0n) is 16.1. The van der Waals surface area contributed by atoms with Crippen LogP contribution < -0.4 is 5.32 Å². The first kappa shape index (κ1) is 19.6. The van der Waals surface area contributed by atoms with Gasteiger partial charge < -0.3 is 24.4 Å². The van der Waals surface area contributed by atoms with Crippen molar-refractivity contribution >= 4 is 12.0 Å². The summed E-state index contributed by atoms with van der Waals surface area (Å²) < 4.78 is 16.9. The molecule has 0 aromatic heterocycles. The Kier molecular flexibility index (Phi) is 6.01. The van der Waals surface area contributed by atoms with Gasteiger partial charge in [0.15, 0.2) is 0 Å². The third-order valence-electron chi connectivity index (χ3n) is 4.57. The standard InChI is InChI=1S/C20H28N2O5/c1-20(2,3)27-19(24)21-16-13-26-17-10-9-15(22(17)18(16)23)12-25-11-14-7-5-4-6-8-14/h4-8,15-17H,9-13H2,1-3H3,(H,21,24)/t15-,16+,17+/m1/s1. The summed E-state index contributed by atoms with van der Waals surface area (Å²) in [5, 5.41) is 2.62. The highest BCUT2D eigenvalue weighted by Crippen LogP contribution is 2.29. The molecule has 1 N–H and O–H groups in total. The van der Waals surface area contributed by atoms with E-state index in [0.29, 0.717) is 13.2 Å². The van der Waals surface area contributed by atoms with E-state index in [4.69, 9.17) is 14.2 Å². The van der Waals surface area contributed by atoms with Crippen LogP contribution in [0.25, 0.3) is 0 Å². The average Bonchev–Trinajstić information content (AvgIpc) is 3.01. The molecule has 7 heteroatoms. The van der Waals surface area contributed by atoms with Gasteiger partial charge in [0.1, 0.15) is 17.9 Å². The number of hydrogen-bond donors (Lipinski definition) is 1. The Morgan fingerprint density at radius 3 is 2.70 bits per heavy atom. The minimum absolute atomic E-state index is 0.0468. The number of alkyl carbamates (subject to hydrolysis) is 1. The lowest BCUT2D eigenvalue weighted by molar-refractivity contribution is -0.165. The van der Waals surface area contributed by atoms with Crippen molar-refractivity contribution in [1.29, 1.82) is 0 Å². The van der Waals surface area contributed by atoms with E-state index < -0.39 is 17.7 Å². The van der Waals surface area contributed by atoms with E-state index in [2.05, 4.69) is 5.32 Å². The molecule has 0 spiro atoms. The molecule has 0 saturated carbocycles. The molecule has 2 amide bonds. The van der Waals surface area contributed by atoms with Gasteiger partial charge in [-0.1, -0.05) is 30.3 Å². The second kappa shape index (κ2) is 8.27. The summed E-state index contributed by atoms with van der Waals surface area (Å²) >= 11 is 0. The lowest BCUT2D eigenvalue weighted by Gasteiger charge is -2.38. The van der Waals surface area contributed by atoms with Crippen LogP contribution >= 0.6 is 0 Å². The first-order valence-corrected chi connectivity index (χ1v) is 9.38. The minimum atomic E-state index is -0.731. The normalized spacial score (nSPS) is 25.2. The van der Waals surface area contributed by atoms with Crippen molar-refractivity contribution < 1.29 is 23.8 Å². The van der Waals surface area contributed by atoms with Gasteiger partial charge in [0.2, 0.25) is 5.91 Å². The molecule has 2 heterocycles. The zero-order valence-corrected chi connectivity index (χ0v) is 16.1. The fourth-order valence-corrected chi connectivity index (χ4v) is 3.40. The number of hydrogen-bond acceptors (Lipinski definition) is 5. The fourth-order valence-electron chi connectivity index (χ4n) is 3.40. The van der Waals surface area contributed by atoms with Crippen LogP contribution in [0.2, 0.25) is 0 Å². The summed E-state index contributed by atoms with van der Waals surface area (Å²) in [5.74, 6) is -0.136. The number of nitrogens with zero attached hydrogens (tertiary/aromatic N) is 1. The van der Waals surface area contributed by atoms with Crippen molar-refractivity contribution in [3.8, 4) is 0 Å². The molecule has 2 aliphatic heterocycles. The summed E-state index contributed by atoms with van der Waals surface area (Å²) in [6.07, 6.45) is 0.757. The molecule has 0 radical (unpaired) electrons. The van der Waals surface area contributed by atoms with Gasteiger partial charge in [-0.3, -0.25) is 4.79 Å². The highest BCUT2D eigenvalue weighted by atomic mass is 16.6. The van der Waals surface area contributed by atoms with E-state index in [1.165, 1.54) is 0 Å². The molecule has 2 saturated heterocycles. The Bertz CT molecular complexity index is 658. The molecular formula is C20H28N2O5. The van der Waals surface area contributed by atoms with Gasteiger partial charge in [0.05, 0.1) is 25.9 Å². The number of fused-ring (bicyclic) bond motifs is 1. The predicted octanol–water partition coefficient (Wildman–Crippen LogP) is 2.44. The number of rotatable bonds is 5. The van der Waals surface area contributed by atoms with Gasteiger partial charge in [-0.2, -0.15) is 0 Å². The second-order valence-corrected chi connectivity index (χ2v) is 7.96. The zero-order chi connectivity index (χ0) is 19.4. The Morgan fingerprint density at radius 1 is 1.26 bits per heavy atom. The van der Waals surface area contributed by atoms with E-state index in [9.17, 15) is 9.59 Å². The first-order chi connectivity index (χ1) is 12.8. The number of amides is 2. The molecular weight excluding hydrogens is 348 g/mol. The largest absolute Gasteiger partial charge is 0.444 e. The maximum atomic E-state index is 12.9. The SMILES string of the molecule is CC(C)(C)OC(=O)N[C@H]1CO[C@H]2CC[C@H](COCc3ccccc3)N2C1=O. The Labute approximate surface area is 160 Å². The van der Waals surface area contributed by atoms with Gasteiger partial charge in [-0.05, 0) is 39.2 Å². The van der Waals surface area contributed by atoms with Gasteiger partial charge in [0, 0.05) is 0 Å². The van der Waals surface area contributed by atoms with Crippen LogP contribution in [0.15, 0.2) is 30.3 Å². The monoisotopic (exact) mass is 376 g/mol. The maximum absolute atomic E-state index is 12.9. The number of carbonyl (C=O) groups is 2. The van der Waals surface area contributed by atoms with E-state index in [1.807, 2.05) is 30.3 Å². The van der Waals surface area contributed by atoms with Gasteiger partial charge in [-0.25, -0.2) is 4.79 Å². The number of ether oxygens (including phenoxy) is 3. The Balaban J connectivity index is 1.54. The quantitative estimate of drug-likeness (QED) is 0.854. The smallest absolute Gasteiger partial charge is 0.408 e. The average molecular weight is 376 g/mol. The molecule has 27 heavy (non-hydrogen) atoms. The number of benzene rings is 1. The van der Waals surface area contributed by atoms with Crippen molar-refractivity contribution in [2.24, 2.45) is 0 Å². The molecule has 148 valence electrons. The van der Waals surface area contributed by atoms with E-state index in [-0.39, 0.29) is 24.8 Å². The molecule has 0 unspecified atom stereocenters. The fraction of sp³-hybridized carbons (Fsp3) is 0.600.